The number of carbonyl (C=O) groups is 1. The van der Waals surface area contributed by atoms with Gasteiger partial charge < -0.3 is 5.32 Å². The largest absolute Gasteiger partial charge is 0.417 e. The molecule has 0 atom stereocenters. The van der Waals surface area contributed by atoms with Gasteiger partial charge in [0.05, 0.1) is 15.0 Å². The van der Waals surface area contributed by atoms with E-state index in [9.17, 15) is 18.0 Å². The van der Waals surface area contributed by atoms with Crippen LogP contribution in [0.3, 0.4) is 0 Å². The van der Waals surface area contributed by atoms with E-state index < -0.39 is 16.8 Å². The Kier molecular flexibility index (Phi) is 4.65. The van der Waals surface area contributed by atoms with Gasteiger partial charge in [0.2, 0.25) is 5.91 Å². The van der Waals surface area contributed by atoms with Gasteiger partial charge in [0.25, 0.3) is 0 Å². The molecule has 1 N–H and O–H groups in total. The fraction of sp³-hybridized carbons (Fsp3) is 0.300. The summed E-state index contributed by atoms with van der Waals surface area (Å²) >= 11 is 7.39. The summed E-state index contributed by atoms with van der Waals surface area (Å²) < 4.78 is 37.8. The fourth-order valence-corrected chi connectivity index (χ4v) is 1.68. The monoisotopic (exact) mass is 377 g/mol. The van der Waals surface area contributed by atoms with Crippen molar-refractivity contribution in [3.63, 3.8) is 0 Å². The summed E-state index contributed by atoms with van der Waals surface area (Å²) in [4.78, 5) is 11.1. The molecule has 0 saturated carbocycles. The zero-order valence-electron chi connectivity index (χ0n) is 8.66. The second-order valence-corrected chi connectivity index (χ2v) is 4.50. The third kappa shape index (κ3) is 3.74. The second kappa shape index (κ2) is 5.43. The molecule has 0 heterocycles. The first kappa shape index (κ1) is 14.6. The lowest BCUT2D eigenvalue weighted by Crippen LogP contribution is -2.14. The topological polar surface area (TPSA) is 29.1 Å². The Morgan fingerprint density at radius 2 is 2.06 bits per heavy atom. The Morgan fingerprint density at radius 3 is 2.53 bits per heavy atom. The number of alkyl halides is 4. The van der Waals surface area contributed by atoms with Gasteiger partial charge in [0, 0.05) is 5.69 Å². The lowest BCUT2D eigenvalue weighted by molar-refractivity contribution is -0.137. The zero-order chi connectivity index (χ0) is 13.2. The summed E-state index contributed by atoms with van der Waals surface area (Å²) in [7, 11) is 0. The van der Waals surface area contributed by atoms with Crippen molar-refractivity contribution in [2.45, 2.75) is 13.1 Å². The van der Waals surface area contributed by atoms with Crippen LogP contribution >= 0.6 is 34.2 Å². The van der Waals surface area contributed by atoms with E-state index >= 15 is 0 Å². The van der Waals surface area contributed by atoms with Gasteiger partial charge in [-0.15, -0.1) is 0 Å². The molecule has 0 spiro atoms. The Labute approximate surface area is 115 Å². The molecule has 7 heteroatoms. The number of hydrogen-bond acceptors (Lipinski definition) is 1. The van der Waals surface area contributed by atoms with Crippen LogP contribution in [0.5, 0.6) is 0 Å². The highest BCUT2D eigenvalue weighted by Crippen LogP contribution is 2.37. The van der Waals surface area contributed by atoms with E-state index in [2.05, 4.69) is 5.32 Å². The number of aryl methyl sites for hydroxylation is 1. The van der Waals surface area contributed by atoms with Gasteiger partial charge in [-0.05, 0) is 24.6 Å². The van der Waals surface area contributed by atoms with E-state index in [-0.39, 0.29) is 10.3 Å². The molecule has 0 unspecified atom stereocenters. The minimum absolute atomic E-state index is 0.218. The predicted molar refractivity (Wildman–Crippen MR) is 68.7 cm³/mol. The molecule has 1 aromatic rings. The van der Waals surface area contributed by atoms with Crippen LogP contribution in [-0.2, 0) is 11.0 Å². The molecule has 0 saturated heterocycles. The molecule has 2 nitrogen and oxygen atoms in total. The molecule has 17 heavy (non-hydrogen) atoms. The highest BCUT2D eigenvalue weighted by atomic mass is 127. The molecule has 0 aromatic heterocycles. The second-order valence-electron chi connectivity index (χ2n) is 3.33. The van der Waals surface area contributed by atoms with Crippen LogP contribution in [0, 0.1) is 6.92 Å². The third-order valence-electron chi connectivity index (χ3n) is 2.01. The van der Waals surface area contributed by atoms with Crippen molar-refractivity contribution in [2.75, 3.05) is 9.74 Å². The van der Waals surface area contributed by atoms with E-state index in [1.54, 1.807) is 0 Å². The van der Waals surface area contributed by atoms with Crippen LogP contribution in [0.25, 0.3) is 0 Å². The first-order valence-electron chi connectivity index (χ1n) is 4.49. The van der Waals surface area contributed by atoms with Crippen molar-refractivity contribution in [1.82, 2.24) is 0 Å². The Balaban J connectivity index is 3.14. The van der Waals surface area contributed by atoms with E-state index in [1.165, 1.54) is 6.92 Å². The third-order valence-corrected chi connectivity index (χ3v) is 3.02. The first-order chi connectivity index (χ1) is 7.75. The van der Waals surface area contributed by atoms with E-state index in [1.807, 2.05) is 22.6 Å². The minimum atomic E-state index is -4.49. The van der Waals surface area contributed by atoms with E-state index in [0.29, 0.717) is 11.3 Å². The number of halogens is 5. The SMILES string of the molecule is Cc1cc(C(F)(F)F)c(Cl)cc1NC(=O)CI. The lowest BCUT2D eigenvalue weighted by Gasteiger charge is -2.13. The van der Waals surface area contributed by atoms with Gasteiger partial charge >= 0.3 is 6.18 Å². The van der Waals surface area contributed by atoms with Gasteiger partial charge in [-0.1, -0.05) is 34.2 Å². The molecule has 94 valence electrons. The van der Waals surface area contributed by atoms with Crippen molar-refractivity contribution in [2.24, 2.45) is 0 Å². The van der Waals surface area contributed by atoms with Crippen LogP contribution in [0.1, 0.15) is 11.1 Å². The van der Waals surface area contributed by atoms with Gasteiger partial charge in [0.15, 0.2) is 0 Å². The van der Waals surface area contributed by atoms with Gasteiger partial charge in [-0.3, -0.25) is 4.79 Å². The maximum absolute atomic E-state index is 12.5. The van der Waals surface area contributed by atoms with Crippen LogP contribution in [-0.4, -0.2) is 10.3 Å². The quantitative estimate of drug-likeness (QED) is 0.612. The molecular formula is C10H8ClF3INO. The van der Waals surface area contributed by atoms with Crippen LogP contribution in [0.4, 0.5) is 18.9 Å². The van der Waals surface area contributed by atoms with Gasteiger partial charge in [-0.25, -0.2) is 0 Å². The van der Waals surface area contributed by atoms with E-state index in [4.69, 9.17) is 11.6 Å². The Hall–Kier alpha value is -0.500. The Bertz CT molecular complexity index is 448. The summed E-state index contributed by atoms with van der Waals surface area (Å²) in [5.41, 5.74) is -0.284. The average molecular weight is 378 g/mol. The van der Waals surface area contributed by atoms with Crippen molar-refractivity contribution in [3.8, 4) is 0 Å². The highest BCUT2D eigenvalue weighted by molar-refractivity contribution is 14.1. The summed E-state index contributed by atoms with van der Waals surface area (Å²) in [6.07, 6.45) is -4.49. The molecule has 1 amide bonds. The normalized spacial score (nSPS) is 11.4. The first-order valence-corrected chi connectivity index (χ1v) is 6.39. The number of hydrogen-bond donors (Lipinski definition) is 1. The smallest absolute Gasteiger partial charge is 0.325 e. The molecule has 1 rings (SSSR count). The summed E-state index contributed by atoms with van der Waals surface area (Å²) in [6, 6.07) is 2.04. The molecule has 0 bridgehead atoms. The number of carbonyl (C=O) groups excluding carboxylic acids is 1. The minimum Gasteiger partial charge on any atom is -0.325 e. The lowest BCUT2D eigenvalue weighted by atomic mass is 10.1. The standard InChI is InChI=1S/C10H8ClF3INO/c1-5-2-6(10(12,13)14)7(11)3-8(5)16-9(17)4-15/h2-3H,4H2,1H3,(H,16,17). The Morgan fingerprint density at radius 1 is 1.47 bits per heavy atom. The van der Waals surface area contributed by atoms with Crippen molar-refractivity contribution >= 4 is 45.8 Å². The summed E-state index contributed by atoms with van der Waals surface area (Å²) in [5, 5.41) is 2.06. The number of nitrogens with one attached hydrogen (secondary N) is 1. The van der Waals surface area contributed by atoms with Crippen LogP contribution < -0.4 is 5.32 Å². The molecular weight excluding hydrogens is 369 g/mol. The summed E-state index contributed by atoms with van der Waals surface area (Å²) in [5.74, 6) is -0.287. The van der Waals surface area contributed by atoms with Crippen molar-refractivity contribution in [3.05, 3.63) is 28.3 Å². The predicted octanol–water partition coefficient (Wildman–Crippen LogP) is 4.04. The average Bonchev–Trinajstić information content (AvgIpc) is 2.21. The maximum atomic E-state index is 12.5. The molecule has 1 aromatic carbocycles. The number of amides is 1. The number of rotatable bonds is 2. The number of anilines is 1. The van der Waals surface area contributed by atoms with Crippen LogP contribution in [0.2, 0.25) is 5.02 Å². The highest BCUT2D eigenvalue weighted by Gasteiger charge is 2.33. The summed E-state index contributed by atoms with van der Waals surface area (Å²) in [6.45, 7) is 1.48. The molecule has 0 aliphatic heterocycles. The molecule has 0 aliphatic rings. The van der Waals surface area contributed by atoms with Crippen LogP contribution in [0.15, 0.2) is 12.1 Å². The molecule has 0 radical (unpaired) electrons. The van der Waals surface area contributed by atoms with Crippen molar-refractivity contribution < 1.29 is 18.0 Å². The zero-order valence-corrected chi connectivity index (χ0v) is 11.6. The van der Waals surface area contributed by atoms with Crippen molar-refractivity contribution in [1.29, 1.82) is 0 Å². The number of benzene rings is 1. The maximum Gasteiger partial charge on any atom is 0.417 e. The molecule has 0 aliphatic carbocycles. The fourth-order valence-electron chi connectivity index (χ4n) is 1.22. The van der Waals surface area contributed by atoms with Gasteiger partial charge in [0.1, 0.15) is 0 Å². The molecule has 0 fully saturated rings. The van der Waals surface area contributed by atoms with E-state index in [0.717, 1.165) is 12.1 Å². The van der Waals surface area contributed by atoms with Gasteiger partial charge in [-0.2, -0.15) is 13.2 Å².